The minimum absolute atomic E-state index is 0.908. The predicted molar refractivity (Wildman–Crippen MR) is 144 cm³/mol. The molecule has 0 N–H and O–H groups in total. The second-order valence-electron chi connectivity index (χ2n) is 8.75. The Morgan fingerprint density at radius 3 is 2.06 bits per heavy atom. The van der Waals surface area contributed by atoms with Crippen molar-refractivity contribution >= 4 is 23.5 Å². The van der Waals surface area contributed by atoms with Gasteiger partial charge in [-0.05, 0) is 59.5 Å². The molecule has 0 aliphatic rings. The number of imidazole rings is 1. The van der Waals surface area contributed by atoms with E-state index >= 15 is 0 Å². The molecule has 0 atom stereocenters. The lowest BCUT2D eigenvalue weighted by Gasteiger charge is -2.11. The molecule has 0 amide bonds. The first-order chi connectivity index (χ1) is 16.6. The number of anilines is 1. The highest BCUT2D eigenvalue weighted by Crippen LogP contribution is 2.24. The number of fused-ring (bicyclic) bond motifs is 1. The highest BCUT2D eigenvalue weighted by atomic mass is 15.1. The molecule has 0 fully saturated rings. The Balaban J connectivity index is 1.44. The van der Waals surface area contributed by atoms with E-state index in [1.54, 1.807) is 0 Å². The fourth-order valence-electron chi connectivity index (χ4n) is 4.37. The zero-order valence-electron chi connectivity index (χ0n) is 20.0. The molecule has 0 saturated heterocycles. The monoisotopic (exact) mass is 444 g/mol. The van der Waals surface area contributed by atoms with Gasteiger partial charge >= 0.3 is 0 Å². The van der Waals surface area contributed by atoms with E-state index < -0.39 is 0 Å². The third-order valence-electron chi connectivity index (χ3n) is 6.30. The van der Waals surface area contributed by atoms with Crippen LogP contribution >= 0.6 is 0 Å². The Bertz CT molecular complexity index is 1420. The Morgan fingerprint density at radius 1 is 0.735 bits per heavy atom. The zero-order valence-corrected chi connectivity index (χ0v) is 20.0. The third-order valence-corrected chi connectivity index (χ3v) is 6.30. The fourth-order valence-corrected chi connectivity index (χ4v) is 4.37. The molecule has 2 aromatic heterocycles. The van der Waals surface area contributed by atoms with Crippen LogP contribution in [0.1, 0.15) is 18.1 Å². The van der Waals surface area contributed by atoms with Crippen LogP contribution in [0.5, 0.6) is 0 Å². The average Bonchev–Trinajstić information content (AvgIpc) is 3.26. The lowest BCUT2D eigenvalue weighted by atomic mass is 10.0. The summed E-state index contributed by atoms with van der Waals surface area (Å²) in [5.41, 5.74) is 9.72. The number of hydrogen-bond acceptors (Lipinski definition) is 1. The molecule has 3 heteroatoms. The van der Waals surface area contributed by atoms with E-state index in [-0.39, 0.29) is 0 Å². The summed E-state index contributed by atoms with van der Waals surface area (Å²) in [7, 11) is 4.12. The van der Waals surface area contributed by atoms with Crippen LogP contribution in [0.25, 0.3) is 40.2 Å². The van der Waals surface area contributed by atoms with Gasteiger partial charge in [-0.25, -0.2) is 8.97 Å². The van der Waals surface area contributed by atoms with Crippen LogP contribution in [0.15, 0.2) is 103 Å². The van der Waals surface area contributed by atoms with Gasteiger partial charge in [0.25, 0.3) is 5.65 Å². The summed E-state index contributed by atoms with van der Waals surface area (Å²) in [6, 6.07) is 32.4. The number of aromatic nitrogens is 2. The Labute approximate surface area is 201 Å². The van der Waals surface area contributed by atoms with E-state index in [0.717, 1.165) is 6.54 Å². The molecule has 168 valence electrons. The Morgan fingerprint density at radius 2 is 1.38 bits per heavy atom. The summed E-state index contributed by atoms with van der Waals surface area (Å²) >= 11 is 0. The minimum atomic E-state index is 0.908. The van der Waals surface area contributed by atoms with Crippen molar-refractivity contribution in [3.63, 3.8) is 0 Å². The highest BCUT2D eigenvalue weighted by Gasteiger charge is 2.18. The maximum Gasteiger partial charge on any atom is 0.287 e. The topological polar surface area (TPSA) is 11.5 Å². The predicted octanol–water partition coefficient (Wildman–Crippen LogP) is 6.82. The Kier molecular flexibility index (Phi) is 6.01. The number of nitrogens with zero attached hydrogens (tertiary/aromatic N) is 3. The second-order valence-corrected chi connectivity index (χ2v) is 8.75. The lowest BCUT2D eigenvalue weighted by Crippen LogP contribution is -2.33. The van der Waals surface area contributed by atoms with Crippen molar-refractivity contribution in [3.05, 3.63) is 115 Å². The summed E-state index contributed by atoms with van der Waals surface area (Å²) in [5, 5.41) is 0. The van der Waals surface area contributed by atoms with E-state index in [9.17, 15) is 0 Å². The van der Waals surface area contributed by atoms with Crippen molar-refractivity contribution in [2.75, 3.05) is 19.0 Å². The van der Waals surface area contributed by atoms with E-state index in [0.29, 0.717) is 0 Å². The van der Waals surface area contributed by atoms with Crippen molar-refractivity contribution in [2.45, 2.75) is 13.5 Å². The van der Waals surface area contributed by atoms with Gasteiger partial charge in [-0.2, -0.15) is 0 Å². The SMILES string of the molecule is CC[n+]1c(-c2ccc(-c3ccccc3)cc2)cn2ccc(/C=C/c3ccc(N(C)C)cc3)cc21. The van der Waals surface area contributed by atoms with Gasteiger partial charge < -0.3 is 4.90 Å². The van der Waals surface area contributed by atoms with Crippen molar-refractivity contribution in [1.82, 2.24) is 4.40 Å². The molecule has 0 aliphatic carbocycles. The van der Waals surface area contributed by atoms with Crippen LogP contribution in [0.2, 0.25) is 0 Å². The molecule has 3 nitrogen and oxygen atoms in total. The molecule has 34 heavy (non-hydrogen) atoms. The first-order valence-electron chi connectivity index (χ1n) is 11.8. The average molecular weight is 445 g/mol. The smallest absolute Gasteiger partial charge is 0.287 e. The van der Waals surface area contributed by atoms with Crippen molar-refractivity contribution in [3.8, 4) is 22.4 Å². The van der Waals surface area contributed by atoms with Gasteiger partial charge in [-0.1, -0.05) is 66.7 Å². The fraction of sp³-hybridized carbons (Fsp3) is 0.129. The van der Waals surface area contributed by atoms with Gasteiger partial charge in [-0.3, -0.25) is 0 Å². The second kappa shape index (κ2) is 9.40. The minimum Gasteiger partial charge on any atom is -0.378 e. The first-order valence-corrected chi connectivity index (χ1v) is 11.8. The summed E-state index contributed by atoms with van der Waals surface area (Å²) in [4.78, 5) is 2.12. The number of rotatable bonds is 6. The molecular weight excluding hydrogens is 414 g/mol. The molecule has 0 unspecified atom stereocenters. The molecule has 3 aromatic carbocycles. The van der Waals surface area contributed by atoms with Crippen LogP contribution in [-0.4, -0.2) is 18.5 Å². The van der Waals surface area contributed by atoms with Gasteiger partial charge in [0, 0.05) is 31.4 Å². The van der Waals surface area contributed by atoms with E-state index in [4.69, 9.17) is 0 Å². The molecule has 5 rings (SSSR count). The summed E-state index contributed by atoms with van der Waals surface area (Å²) < 4.78 is 4.59. The maximum absolute atomic E-state index is 2.38. The molecule has 0 aliphatic heterocycles. The molecule has 2 heterocycles. The largest absolute Gasteiger partial charge is 0.378 e. The van der Waals surface area contributed by atoms with Crippen LogP contribution in [-0.2, 0) is 6.54 Å². The zero-order chi connectivity index (χ0) is 23.5. The van der Waals surface area contributed by atoms with Gasteiger partial charge in [-0.15, -0.1) is 0 Å². The number of pyridine rings is 1. The molecule has 0 bridgehead atoms. The standard InChI is InChI=1S/C31H30N3/c1-4-34-30(28-16-14-27(15-17-28)26-8-6-5-7-9-26)23-33-21-20-25(22-31(33)34)11-10-24-12-18-29(19-13-24)32(2)3/h5-23H,4H2,1-3H3/q+1. The first kappa shape index (κ1) is 21.7. The van der Waals surface area contributed by atoms with Crippen LogP contribution in [0.3, 0.4) is 0 Å². The molecule has 5 aromatic rings. The van der Waals surface area contributed by atoms with Gasteiger partial charge in [0.15, 0.2) is 5.69 Å². The highest BCUT2D eigenvalue weighted by molar-refractivity contribution is 5.72. The third kappa shape index (κ3) is 4.38. The number of aryl methyl sites for hydroxylation is 1. The summed E-state index contributed by atoms with van der Waals surface area (Å²) in [6.45, 7) is 3.11. The lowest BCUT2D eigenvalue weighted by molar-refractivity contribution is -0.656. The van der Waals surface area contributed by atoms with Crippen LogP contribution < -0.4 is 9.47 Å². The van der Waals surface area contributed by atoms with E-state index in [2.05, 4.69) is 150 Å². The van der Waals surface area contributed by atoms with E-state index in [1.807, 2.05) is 0 Å². The van der Waals surface area contributed by atoms with Crippen LogP contribution in [0.4, 0.5) is 5.69 Å². The van der Waals surface area contributed by atoms with Crippen molar-refractivity contribution in [2.24, 2.45) is 0 Å². The number of benzene rings is 3. The number of hydrogen-bond donors (Lipinski definition) is 0. The quantitative estimate of drug-likeness (QED) is 0.262. The van der Waals surface area contributed by atoms with Gasteiger partial charge in [0.1, 0.15) is 6.20 Å². The summed E-state index contributed by atoms with van der Waals surface area (Å²) in [6.07, 6.45) is 8.74. The maximum atomic E-state index is 2.38. The van der Waals surface area contributed by atoms with Crippen molar-refractivity contribution in [1.29, 1.82) is 0 Å². The van der Waals surface area contributed by atoms with Gasteiger partial charge in [0.05, 0.1) is 12.7 Å². The normalized spacial score (nSPS) is 11.4. The van der Waals surface area contributed by atoms with Gasteiger partial charge in [0.2, 0.25) is 0 Å². The van der Waals surface area contributed by atoms with Crippen molar-refractivity contribution < 1.29 is 4.57 Å². The molecule has 0 spiro atoms. The molecule has 0 saturated carbocycles. The summed E-state index contributed by atoms with van der Waals surface area (Å²) in [5.74, 6) is 0. The molecule has 0 radical (unpaired) electrons. The molecular formula is C31H30N3+. The van der Waals surface area contributed by atoms with Crippen LogP contribution in [0, 0.1) is 0 Å². The Hall–Kier alpha value is -4.11. The van der Waals surface area contributed by atoms with E-state index in [1.165, 1.54) is 44.8 Å².